The average Bonchev–Trinajstić information content (AvgIpc) is 3.56. The van der Waals surface area contributed by atoms with Crippen LogP contribution in [0.4, 0.5) is 4.39 Å². The van der Waals surface area contributed by atoms with Gasteiger partial charge in [0.25, 0.3) is 0 Å². The SMILES string of the molecule is CN[C@@H](C)C(=O)N[C@@H](C1CCCCC1)C(O)N1CCC[C@H]1Cn1cc(-c2ccccc2C)c2cc(F)ccc21. The molecule has 2 aliphatic rings. The van der Waals surface area contributed by atoms with Crippen molar-refractivity contribution < 1.29 is 14.3 Å². The van der Waals surface area contributed by atoms with E-state index in [1.807, 2.05) is 25.1 Å². The number of carbonyl (C=O) groups is 1. The third-order valence-electron chi connectivity index (χ3n) is 9.06. The molecule has 0 radical (unpaired) electrons. The van der Waals surface area contributed by atoms with Crippen molar-refractivity contribution in [3.8, 4) is 11.1 Å². The molecule has 7 heteroatoms. The summed E-state index contributed by atoms with van der Waals surface area (Å²) in [4.78, 5) is 15.1. The number of likely N-dealkylation sites (N-methyl/N-ethyl adjacent to an activating group) is 1. The number of aromatic nitrogens is 1. The molecule has 1 saturated heterocycles. The van der Waals surface area contributed by atoms with E-state index in [1.54, 1.807) is 13.1 Å². The quantitative estimate of drug-likeness (QED) is 0.353. The molecule has 1 aliphatic heterocycles. The molecule has 2 heterocycles. The Hall–Kier alpha value is -2.74. The van der Waals surface area contributed by atoms with Gasteiger partial charge in [0.2, 0.25) is 5.91 Å². The Balaban J connectivity index is 1.43. The highest BCUT2D eigenvalue weighted by molar-refractivity contribution is 5.96. The van der Waals surface area contributed by atoms with Crippen molar-refractivity contribution >= 4 is 16.8 Å². The zero-order chi connectivity index (χ0) is 27.5. The van der Waals surface area contributed by atoms with Crippen molar-refractivity contribution in [1.29, 1.82) is 0 Å². The number of amides is 1. The predicted molar refractivity (Wildman–Crippen MR) is 155 cm³/mol. The van der Waals surface area contributed by atoms with E-state index in [0.29, 0.717) is 6.54 Å². The fourth-order valence-electron chi connectivity index (χ4n) is 6.70. The second-order valence-corrected chi connectivity index (χ2v) is 11.6. The predicted octanol–water partition coefficient (Wildman–Crippen LogP) is 5.21. The van der Waals surface area contributed by atoms with Crippen LogP contribution in [0, 0.1) is 18.7 Å². The van der Waals surface area contributed by atoms with Gasteiger partial charge in [-0.15, -0.1) is 0 Å². The maximum Gasteiger partial charge on any atom is 0.237 e. The number of carbonyl (C=O) groups excluding carboxylic acids is 1. The molecule has 1 aromatic heterocycles. The number of aliphatic hydroxyl groups excluding tert-OH is 1. The van der Waals surface area contributed by atoms with Crippen molar-refractivity contribution in [3.63, 3.8) is 0 Å². The summed E-state index contributed by atoms with van der Waals surface area (Å²) in [5.74, 6) is -0.0370. The maximum atomic E-state index is 14.4. The van der Waals surface area contributed by atoms with E-state index in [2.05, 4.69) is 45.4 Å². The molecule has 0 bridgehead atoms. The number of nitrogens with zero attached hydrogens (tertiary/aromatic N) is 2. The van der Waals surface area contributed by atoms with Crippen LogP contribution in [-0.2, 0) is 11.3 Å². The van der Waals surface area contributed by atoms with Gasteiger partial charge in [-0.1, -0.05) is 43.5 Å². The summed E-state index contributed by atoms with van der Waals surface area (Å²) in [5.41, 5.74) is 4.28. The zero-order valence-corrected chi connectivity index (χ0v) is 23.5. The van der Waals surface area contributed by atoms with E-state index in [1.165, 1.54) is 12.5 Å². The van der Waals surface area contributed by atoms with Crippen LogP contribution < -0.4 is 10.6 Å². The first-order chi connectivity index (χ1) is 18.9. The third kappa shape index (κ3) is 5.91. The first-order valence-electron chi connectivity index (χ1n) is 14.6. The summed E-state index contributed by atoms with van der Waals surface area (Å²) >= 11 is 0. The normalized spacial score (nSPS) is 21.2. The molecular formula is C32H43FN4O2. The number of benzene rings is 2. The highest BCUT2D eigenvalue weighted by Crippen LogP contribution is 2.35. The maximum absolute atomic E-state index is 14.4. The van der Waals surface area contributed by atoms with E-state index in [9.17, 15) is 14.3 Å². The Morgan fingerprint density at radius 3 is 2.59 bits per heavy atom. The third-order valence-corrected chi connectivity index (χ3v) is 9.06. The minimum atomic E-state index is -0.747. The second kappa shape index (κ2) is 12.2. The monoisotopic (exact) mass is 534 g/mol. The van der Waals surface area contributed by atoms with Gasteiger partial charge in [-0.3, -0.25) is 9.69 Å². The molecule has 2 fully saturated rings. The first kappa shape index (κ1) is 27.8. The molecule has 210 valence electrons. The summed E-state index contributed by atoms with van der Waals surface area (Å²) in [5, 5.41) is 19.0. The van der Waals surface area contributed by atoms with Gasteiger partial charge in [-0.05, 0) is 81.8 Å². The molecule has 0 spiro atoms. The lowest BCUT2D eigenvalue weighted by atomic mass is 9.82. The molecule has 1 saturated carbocycles. The van der Waals surface area contributed by atoms with Crippen LogP contribution >= 0.6 is 0 Å². The van der Waals surface area contributed by atoms with Crippen LogP contribution in [0.5, 0.6) is 0 Å². The van der Waals surface area contributed by atoms with E-state index in [-0.39, 0.29) is 35.8 Å². The van der Waals surface area contributed by atoms with E-state index < -0.39 is 6.23 Å². The molecule has 6 nitrogen and oxygen atoms in total. The molecule has 1 aliphatic carbocycles. The highest BCUT2D eigenvalue weighted by atomic mass is 19.1. The van der Waals surface area contributed by atoms with Gasteiger partial charge in [-0.25, -0.2) is 4.39 Å². The number of aliphatic hydroxyl groups is 1. The van der Waals surface area contributed by atoms with Crippen molar-refractivity contribution in [2.45, 2.75) is 89.7 Å². The minimum Gasteiger partial charge on any atom is -0.376 e. The number of fused-ring (bicyclic) bond motifs is 1. The molecule has 39 heavy (non-hydrogen) atoms. The van der Waals surface area contributed by atoms with Gasteiger partial charge in [0.05, 0.1) is 12.1 Å². The van der Waals surface area contributed by atoms with Crippen LogP contribution in [0.2, 0.25) is 0 Å². The van der Waals surface area contributed by atoms with Gasteiger partial charge in [0, 0.05) is 41.8 Å². The van der Waals surface area contributed by atoms with E-state index in [0.717, 1.165) is 72.7 Å². The number of hydrogen-bond donors (Lipinski definition) is 3. The van der Waals surface area contributed by atoms with Crippen LogP contribution in [0.1, 0.15) is 57.4 Å². The Labute approximate surface area is 231 Å². The van der Waals surface area contributed by atoms with Gasteiger partial charge >= 0.3 is 0 Å². The summed E-state index contributed by atoms with van der Waals surface area (Å²) in [6.07, 6.45) is 8.92. The number of likely N-dealkylation sites (tertiary alicyclic amines) is 1. The summed E-state index contributed by atoms with van der Waals surface area (Å²) in [6, 6.07) is 12.8. The van der Waals surface area contributed by atoms with Gasteiger partial charge in [0.1, 0.15) is 12.0 Å². The molecule has 2 aromatic carbocycles. The number of rotatable bonds is 9. The van der Waals surface area contributed by atoms with E-state index in [4.69, 9.17) is 0 Å². The topological polar surface area (TPSA) is 69.5 Å². The zero-order valence-electron chi connectivity index (χ0n) is 23.5. The number of nitrogens with one attached hydrogen (secondary N) is 2. The number of halogens is 1. The minimum absolute atomic E-state index is 0.0656. The molecule has 1 amide bonds. The van der Waals surface area contributed by atoms with Crippen LogP contribution in [0.25, 0.3) is 22.0 Å². The lowest BCUT2D eigenvalue weighted by molar-refractivity contribution is -0.127. The number of hydrogen-bond acceptors (Lipinski definition) is 4. The second-order valence-electron chi connectivity index (χ2n) is 11.6. The largest absolute Gasteiger partial charge is 0.376 e. The van der Waals surface area contributed by atoms with Gasteiger partial charge < -0.3 is 20.3 Å². The van der Waals surface area contributed by atoms with Gasteiger partial charge in [-0.2, -0.15) is 0 Å². The Bertz CT molecular complexity index is 1280. The molecular weight excluding hydrogens is 491 g/mol. The molecule has 3 N–H and O–H groups in total. The first-order valence-corrected chi connectivity index (χ1v) is 14.6. The lowest BCUT2D eigenvalue weighted by Gasteiger charge is -2.40. The summed E-state index contributed by atoms with van der Waals surface area (Å²) in [6.45, 7) is 5.43. The summed E-state index contributed by atoms with van der Waals surface area (Å²) in [7, 11) is 1.78. The summed E-state index contributed by atoms with van der Waals surface area (Å²) < 4.78 is 16.6. The van der Waals surface area contributed by atoms with Crippen LogP contribution in [0.3, 0.4) is 0 Å². The van der Waals surface area contributed by atoms with E-state index >= 15 is 0 Å². The van der Waals surface area contributed by atoms with Crippen molar-refractivity contribution in [2.75, 3.05) is 13.6 Å². The number of aryl methyl sites for hydroxylation is 1. The van der Waals surface area contributed by atoms with Crippen LogP contribution in [0.15, 0.2) is 48.7 Å². The lowest BCUT2D eigenvalue weighted by Crippen LogP contribution is -2.59. The fourth-order valence-corrected chi connectivity index (χ4v) is 6.70. The standard InChI is InChI=1S/C32H43FN4O2/c1-21-10-7-8-14-26(21)28-20-36(29-16-15-24(33)18-27(28)29)19-25-13-9-17-37(25)32(39)30(23-11-5-4-6-12-23)35-31(38)22(2)34-3/h7-8,10,14-16,18,20,22-23,25,30,32,34,39H,4-6,9,11-13,17,19H2,1-3H3,(H,35,38)/t22-,25-,30-,32?/m0/s1. The molecule has 1 unspecified atom stereocenters. The molecule has 5 rings (SSSR count). The average molecular weight is 535 g/mol. The Morgan fingerprint density at radius 1 is 1.08 bits per heavy atom. The van der Waals surface area contributed by atoms with Crippen molar-refractivity contribution in [2.24, 2.45) is 5.92 Å². The smallest absolute Gasteiger partial charge is 0.237 e. The molecule has 4 atom stereocenters. The molecule has 3 aromatic rings. The Morgan fingerprint density at radius 2 is 1.85 bits per heavy atom. The fraction of sp³-hybridized carbons (Fsp3) is 0.531. The van der Waals surface area contributed by atoms with Crippen molar-refractivity contribution in [3.05, 3.63) is 60.0 Å². The van der Waals surface area contributed by atoms with Crippen molar-refractivity contribution in [1.82, 2.24) is 20.1 Å². The van der Waals surface area contributed by atoms with Gasteiger partial charge in [0.15, 0.2) is 0 Å². The Kier molecular flexibility index (Phi) is 8.70. The van der Waals surface area contributed by atoms with Crippen LogP contribution in [-0.4, -0.2) is 58.4 Å². The highest BCUT2D eigenvalue weighted by Gasteiger charge is 2.39.